The molecule has 0 amide bonds. The SMILES string of the molecule is Cc1cc(-c2nc(CC3CCCNC3)no2)n(C)n1. The predicted octanol–water partition coefficient (Wildman–Crippen LogP) is 1.32. The number of hydrogen-bond donors (Lipinski definition) is 1. The maximum atomic E-state index is 5.34. The summed E-state index contributed by atoms with van der Waals surface area (Å²) in [7, 11) is 1.89. The fraction of sp³-hybridized carbons (Fsp3) is 0.615. The van der Waals surface area contributed by atoms with Crippen molar-refractivity contribution < 1.29 is 4.52 Å². The molecule has 6 nitrogen and oxygen atoms in total. The molecule has 6 heteroatoms. The van der Waals surface area contributed by atoms with Crippen molar-refractivity contribution in [2.24, 2.45) is 13.0 Å². The summed E-state index contributed by atoms with van der Waals surface area (Å²) in [6, 6.07) is 1.96. The number of aromatic nitrogens is 4. The van der Waals surface area contributed by atoms with Crippen molar-refractivity contribution >= 4 is 0 Å². The summed E-state index contributed by atoms with van der Waals surface area (Å²) >= 11 is 0. The van der Waals surface area contributed by atoms with Gasteiger partial charge in [-0.05, 0) is 44.8 Å². The summed E-state index contributed by atoms with van der Waals surface area (Å²) in [4.78, 5) is 4.48. The number of aryl methyl sites for hydroxylation is 2. The van der Waals surface area contributed by atoms with Gasteiger partial charge in [0.15, 0.2) is 5.82 Å². The van der Waals surface area contributed by atoms with Gasteiger partial charge in [0.1, 0.15) is 5.69 Å². The van der Waals surface area contributed by atoms with E-state index in [1.165, 1.54) is 12.8 Å². The van der Waals surface area contributed by atoms with Crippen molar-refractivity contribution in [1.29, 1.82) is 0 Å². The van der Waals surface area contributed by atoms with E-state index in [-0.39, 0.29) is 0 Å². The van der Waals surface area contributed by atoms with Crippen LogP contribution in [0, 0.1) is 12.8 Å². The molecule has 3 heterocycles. The average Bonchev–Trinajstić information content (AvgIpc) is 2.97. The van der Waals surface area contributed by atoms with Gasteiger partial charge in [-0.2, -0.15) is 10.1 Å². The Balaban J connectivity index is 1.74. The number of nitrogens with zero attached hydrogens (tertiary/aromatic N) is 4. The normalized spacial score (nSPS) is 19.8. The zero-order valence-electron chi connectivity index (χ0n) is 11.4. The minimum atomic E-state index is 0.557. The third-order valence-electron chi connectivity index (χ3n) is 3.56. The fourth-order valence-electron chi connectivity index (χ4n) is 2.61. The summed E-state index contributed by atoms with van der Waals surface area (Å²) in [6.07, 6.45) is 3.35. The minimum Gasteiger partial charge on any atom is -0.332 e. The van der Waals surface area contributed by atoms with Crippen molar-refractivity contribution in [1.82, 2.24) is 25.2 Å². The first-order chi connectivity index (χ1) is 9.22. The molecule has 1 atom stereocenters. The summed E-state index contributed by atoms with van der Waals surface area (Å²) in [5, 5.41) is 11.8. The molecule has 1 N–H and O–H groups in total. The number of nitrogens with one attached hydrogen (secondary N) is 1. The summed E-state index contributed by atoms with van der Waals surface area (Å²) in [5.74, 6) is 1.97. The molecule has 1 unspecified atom stereocenters. The van der Waals surface area contributed by atoms with Crippen LogP contribution in [-0.4, -0.2) is 33.0 Å². The zero-order chi connectivity index (χ0) is 13.2. The van der Waals surface area contributed by atoms with Crippen LogP contribution in [0.2, 0.25) is 0 Å². The maximum Gasteiger partial charge on any atom is 0.276 e. The van der Waals surface area contributed by atoms with E-state index < -0.39 is 0 Å². The first-order valence-corrected chi connectivity index (χ1v) is 6.76. The lowest BCUT2D eigenvalue weighted by Gasteiger charge is -2.20. The molecule has 1 aliphatic heterocycles. The lowest BCUT2D eigenvalue weighted by molar-refractivity contribution is 0.359. The topological polar surface area (TPSA) is 68.8 Å². The van der Waals surface area contributed by atoms with E-state index in [1.54, 1.807) is 4.68 Å². The predicted molar refractivity (Wildman–Crippen MR) is 70.5 cm³/mol. The molecule has 0 saturated carbocycles. The molecule has 3 rings (SSSR count). The van der Waals surface area contributed by atoms with Crippen LogP contribution in [0.1, 0.15) is 24.4 Å². The van der Waals surface area contributed by atoms with Crippen LogP contribution in [0.5, 0.6) is 0 Å². The monoisotopic (exact) mass is 261 g/mol. The smallest absolute Gasteiger partial charge is 0.276 e. The van der Waals surface area contributed by atoms with Crippen LogP contribution < -0.4 is 5.32 Å². The highest BCUT2D eigenvalue weighted by molar-refractivity contribution is 5.47. The van der Waals surface area contributed by atoms with E-state index in [4.69, 9.17) is 4.52 Å². The standard InChI is InChI=1S/C13H19N5O/c1-9-6-11(18(2)16-9)13-15-12(17-19-13)7-10-4-3-5-14-8-10/h6,10,14H,3-5,7-8H2,1-2H3. The number of hydrogen-bond acceptors (Lipinski definition) is 5. The summed E-state index contributed by atoms with van der Waals surface area (Å²) in [5.41, 5.74) is 1.83. The summed E-state index contributed by atoms with van der Waals surface area (Å²) < 4.78 is 7.12. The molecule has 0 aromatic carbocycles. The van der Waals surface area contributed by atoms with Crippen molar-refractivity contribution in [2.45, 2.75) is 26.2 Å². The minimum absolute atomic E-state index is 0.557. The van der Waals surface area contributed by atoms with E-state index in [0.717, 1.165) is 36.7 Å². The molecule has 1 aliphatic rings. The molecule has 0 aliphatic carbocycles. The Morgan fingerprint density at radius 2 is 2.42 bits per heavy atom. The Morgan fingerprint density at radius 3 is 3.11 bits per heavy atom. The fourth-order valence-corrected chi connectivity index (χ4v) is 2.61. The molecule has 1 fully saturated rings. The molecule has 0 bridgehead atoms. The highest BCUT2D eigenvalue weighted by atomic mass is 16.5. The van der Waals surface area contributed by atoms with Crippen molar-refractivity contribution in [2.75, 3.05) is 13.1 Å². The Kier molecular flexibility index (Phi) is 3.33. The summed E-state index contributed by atoms with van der Waals surface area (Å²) in [6.45, 7) is 4.13. The lowest BCUT2D eigenvalue weighted by Crippen LogP contribution is -2.31. The maximum absolute atomic E-state index is 5.34. The van der Waals surface area contributed by atoms with Gasteiger partial charge in [-0.1, -0.05) is 5.16 Å². The molecule has 102 valence electrons. The highest BCUT2D eigenvalue weighted by Crippen LogP contribution is 2.20. The Labute approximate surface area is 112 Å². The third-order valence-corrected chi connectivity index (χ3v) is 3.56. The quantitative estimate of drug-likeness (QED) is 0.902. The molecule has 0 radical (unpaired) electrons. The van der Waals surface area contributed by atoms with Crippen LogP contribution in [0.25, 0.3) is 11.6 Å². The van der Waals surface area contributed by atoms with Gasteiger partial charge in [-0.25, -0.2) is 0 Å². The van der Waals surface area contributed by atoms with Gasteiger partial charge in [-0.15, -0.1) is 0 Å². The number of piperidine rings is 1. The molecular weight excluding hydrogens is 242 g/mol. The lowest BCUT2D eigenvalue weighted by atomic mass is 9.96. The third kappa shape index (κ3) is 2.68. The Bertz CT molecular complexity index is 553. The van der Waals surface area contributed by atoms with Gasteiger partial charge >= 0.3 is 0 Å². The molecule has 19 heavy (non-hydrogen) atoms. The molecule has 2 aromatic rings. The van der Waals surface area contributed by atoms with Gasteiger partial charge in [0.05, 0.1) is 5.69 Å². The molecular formula is C13H19N5O. The second-order valence-corrected chi connectivity index (χ2v) is 5.23. The largest absolute Gasteiger partial charge is 0.332 e. The van der Waals surface area contributed by atoms with E-state index >= 15 is 0 Å². The van der Waals surface area contributed by atoms with Gasteiger partial charge in [0.25, 0.3) is 5.89 Å². The van der Waals surface area contributed by atoms with Gasteiger partial charge in [-0.3, -0.25) is 4.68 Å². The second kappa shape index (κ2) is 5.13. The van der Waals surface area contributed by atoms with Gasteiger partial charge in [0.2, 0.25) is 0 Å². The van der Waals surface area contributed by atoms with Gasteiger partial charge in [0, 0.05) is 13.5 Å². The Morgan fingerprint density at radius 1 is 1.53 bits per heavy atom. The second-order valence-electron chi connectivity index (χ2n) is 5.23. The average molecular weight is 261 g/mol. The van der Waals surface area contributed by atoms with Crippen molar-refractivity contribution in [3.8, 4) is 11.6 Å². The highest BCUT2D eigenvalue weighted by Gasteiger charge is 2.18. The van der Waals surface area contributed by atoms with Gasteiger partial charge < -0.3 is 9.84 Å². The number of rotatable bonds is 3. The van der Waals surface area contributed by atoms with Crippen LogP contribution in [0.15, 0.2) is 10.6 Å². The molecule has 1 saturated heterocycles. The van der Waals surface area contributed by atoms with Crippen LogP contribution in [-0.2, 0) is 13.5 Å². The van der Waals surface area contributed by atoms with E-state index in [9.17, 15) is 0 Å². The van der Waals surface area contributed by atoms with Crippen molar-refractivity contribution in [3.05, 3.63) is 17.6 Å². The first-order valence-electron chi connectivity index (χ1n) is 6.76. The zero-order valence-corrected chi connectivity index (χ0v) is 11.4. The van der Waals surface area contributed by atoms with Crippen LogP contribution >= 0.6 is 0 Å². The van der Waals surface area contributed by atoms with E-state index in [2.05, 4.69) is 20.6 Å². The van der Waals surface area contributed by atoms with E-state index in [1.807, 2.05) is 20.0 Å². The van der Waals surface area contributed by atoms with Crippen LogP contribution in [0.4, 0.5) is 0 Å². The van der Waals surface area contributed by atoms with Crippen LogP contribution in [0.3, 0.4) is 0 Å². The molecule has 2 aromatic heterocycles. The Hall–Kier alpha value is -1.69. The first kappa shape index (κ1) is 12.3. The van der Waals surface area contributed by atoms with Crippen molar-refractivity contribution in [3.63, 3.8) is 0 Å². The van der Waals surface area contributed by atoms with E-state index in [0.29, 0.717) is 11.8 Å². The molecule has 0 spiro atoms.